The van der Waals surface area contributed by atoms with E-state index in [2.05, 4.69) is 9.80 Å². The molecule has 0 atom stereocenters. The van der Waals surface area contributed by atoms with Gasteiger partial charge in [-0.25, -0.2) is 0 Å². The zero-order valence-corrected chi connectivity index (χ0v) is 21.2. The summed E-state index contributed by atoms with van der Waals surface area (Å²) in [7, 11) is 0. The normalized spacial score (nSPS) is 16.6. The van der Waals surface area contributed by atoms with Gasteiger partial charge in [0, 0.05) is 13.1 Å². The number of nitrogens with two attached hydrogens (primary N) is 2. The second-order valence-electron chi connectivity index (χ2n) is 7.91. The SMILES string of the molecule is Cl.Nc1c(Cl)cc(CN2CCCC2)cc1Cl.Nc1c(Cl)cc(CN2CCCC2)cc1Cl. The Morgan fingerprint density at radius 1 is 0.581 bits per heavy atom. The van der Waals surface area contributed by atoms with Gasteiger partial charge in [0.25, 0.3) is 0 Å². The van der Waals surface area contributed by atoms with Crippen LogP contribution in [0.4, 0.5) is 11.4 Å². The average molecular weight is 527 g/mol. The molecule has 0 aromatic heterocycles. The average Bonchev–Trinajstić information content (AvgIpc) is 3.39. The maximum atomic E-state index is 5.98. The van der Waals surface area contributed by atoms with Crippen molar-refractivity contribution in [3.05, 3.63) is 55.5 Å². The monoisotopic (exact) mass is 524 g/mol. The standard InChI is InChI=1S/2C11H14Cl2N2.ClH/c2*12-9-5-8(6-10(13)11(9)14)7-15-3-1-2-4-15;/h2*5-6H,1-4,7,14H2;1H. The van der Waals surface area contributed by atoms with Crippen molar-refractivity contribution in [2.24, 2.45) is 0 Å². The summed E-state index contributed by atoms with van der Waals surface area (Å²) in [5.74, 6) is 0. The number of hydrogen-bond acceptors (Lipinski definition) is 4. The van der Waals surface area contributed by atoms with Crippen LogP contribution in [0.5, 0.6) is 0 Å². The number of nitrogens with zero attached hydrogens (tertiary/aromatic N) is 2. The maximum absolute atomic E-state index is 5.98. The van der Waals surface area contributed by atoms with Gasteiger partial charge in [-0.2, -0.15) is 0 Å². The Morgan fingerprint density at radius 2 is 0.839 bits per heavy atom. The molecule has 2 heterocycles. The van der Waals surface area contributed by atoms with Crippen molar-refractivity contribution in [1.82, 2.24) is 9.80 Å². The van der Waals surface area contributed by atoms with Crippen LogP contribution in [-0.2, 0) is 13.1 Å². The van der Waals surface area contributed by atoms with Gasteiger partial charge in [0.2, 0.25) is 0 Å². The van der Waals surface area contributed by atoms with Crippen molar-refractivity contribution < 1.29 is 0 Å². The van der Waals surface area contributed by atoms with Crippen LogP contribution in [0.25, 0.3) is 0 Å². The predicted molar refractivity (Wildman–Crippen MR) is 138 cm³/mol. The van der Waals surface area contributed by atoms with Crippen molar-refractivity contribution >= 4 is 70.2 Å². The Hall–Kier alpha value is -0.590. The van der Waals surface area contributed by atoms with Crippen molar-refractivity contribution in [2.75, 3.05) is 37.6 Å². The van der Waals surface area contributed by atoms with Gasteiger partial charge in [0.05, 0.1) is 31.5 Å². The van der Waals surface area contributed by atoms with Crippen molar-refractivity contribution in [3.63, 3.8) is 0 Å². The molecule has 0 spiro atoms. The lowest BCUT2D eigenvalue weighted by Gasteiger charge is -2.15. The Labute approximate surface area is 211 Å². The van der Waals surface area contributed by atoms with Crippen LogP contribution >= 0.6 is 58.8 Å². The lowest BCUT2D eigenvalue weighted by molar-refractivity contribution is 0.331. The van der Waals surface area contributed by atoms with Gasteiger partial charge >= 0.3 is 0 Å². The van der Waals surface area contributed by atoms with Crippen LogP contribution in [0, 0.1) is 0 Å². The van der Waals surface area contributed by atoms with E-state index in [-0.39, 0.29) is 12.4 Å². The van der Waals surface area contributed by atoms with Gasteiger partial charge < -0.3 is 11.5 Å². The summed E-state index contributed by atoms with van der Waals surface area (Å²) in [6, 6.07) is 7.62. The molecule has 0 bridgehead atoms. The quantitative estimate of drug-likeness (QED) is 0.432. The minimum Gasteiger partial charge on any atom is -0.396 e. The zero-order valence-electron chi connectivity index (χ0n) is 17.3. The third kappa shape index (κ3) is 7.75. The summed E-state index contributed by atoms with van der Waals surface area (Å²) in [5, 5.41) is 2.21. The van der Waals surface area contributed by atoms with E-state index in [9.17, 15) is 0 Å². The Bertz CT molecular complexity index is 747. The Morgan fingerprint density at radius 3 is 1.10 bits per heavy atom. The summed E-state index contributed by atoms with van der Waals surface area (Å²) in [5.41, 5.74) is 14.6. The topological polar surface area (TPSA) is 58.5 Å². The van der Waals surface area contributed by atoms with Crippen LogP contribution in [-0.4, -0.2) is 36.0 Å². The molecular weight excluding hydrogens is 498 g/mol. The van der Waals surface area contributed by atoms with Crippen LogP contribution < -0.4 is 11.5 Å². The van der Waals surface area contributed by atoms with E-state index >= 15 is 0 Å². The molecule has 2 aliphatic rings. The number of rotatable bonds is 4. The smallest absolute Gasteiger partial charge is 0.0693 e. The van der Waals surface area contributed by atoms with Crippen LogP contribution in [0.3, 0.4) is 0 Å². The molecule has 0 unspecified atom stereocenters. The van der Waals surface area contributed by atoms with E-state index in [4.69, 9.17) is 57.9 Å². The molecule has 4 N–H and O–H groups in total. The van der Waals surface area contributed by atoms with E-state index in [1.807, 2.05) is 24.3 Å². The molecule has 2 aromatic carbocycles. The van der Waals surface area contributed by atoms with E-state index in [1.165, 1.54) is 51.9 Å². The highest BCUT2D eigenvalue weighted by molar-refractivity contribution is 6.39. The molecule has 2 aliphatic heterocycles. The fourth-order valence-electron chi connectivity index (χ4n) is 3.85. The summed E-state index contributed by atoms with van der Waals surface area (Å²) in [4.78, 5) is 4.80. The second-order valence-corrected chi connectivity index (χ2v) is 9.54. The number of benzene rings is 2. The molecule has 2 fully saturated rings. The minimum absolute atomic E-state index is 0. The van der Waals surface area contributed by atoms with Gasteiger partial charge in [-0.1, -0.05) is 46.4 Å². The largest absolute Gasteiger partial charge is 0.396 e. The highest BCUT2D eigenvalue weighted by atomic mass is 35.5. The third-order valence-electron chi connectivity index (χ3n) is 5.49. The number of hydrogen-bond donors (Lipinski definition) is 2. The van der Waals surface area contributed by atoms with Gasteiger partial charge in [0.15, 0.2) is 0 Å². The molecular formula is C22H29Cl5N4. The number of nitrogen functional groups attached to an aromatic ring is 2. The summed E-state index contributed by atoms with van der Waals surface area (Å²) >= 11 is 23.9. The number of likely N-dealkylation sites (tertiary alicyclic amines) is 2. The molecule has 0 radical (unpaired) electrons. The fourth-order valence-corrected chi connectivity index (χ4v) is 4.92. The first-order valence-corrected chi connectivity index (χ1v) is 11.8. The summed E-state index contributed by atoms with van der Waals surface area (Å²) in [6.45, 7) is 6.50. The highest BCUT2D eigenvalue weighted by Gasteiger charge is 2.14. The van der Waals surface area contributed by atoms with Crippen LogP contribution in [0.2, 0.25) is 20.1 Å². The lowest BCUT2D eigenvalue weighted by atomic mass is 10.2. The van der Waals surface area contributed by atoms with E-state index < -0.39 is 0 Å². The first-order chi connectivity index (χ1) is 14.3. The van der Waals surface area contributed by atoms with Crippen molar-refractivity contribution in [1.29, 1.82) is 0 Å². The molecule has 0 aliphatic carbocycles. The lowest BCUT2D eigenvalue weighted by Crippen LogP contribution is -2.18. The molecule has 2 saturated heterocycles. The van der Waals surface area contributed by atoms with Crippen LogP contribution in [0.15, 0.2) is 24.3 Å². The molecule has 4 nitrogen and oxygen atoms in total. The van der Waals surface area contributed by atoms with Gasteiger partial charge in [0.1, 0.15) is 0 Å². The molecule has 2 aromatic rings. The van der Waals surface area contributed by atoms with E-state index in [0.717, 1.165) is 24.2 Å². The molecule has 4 rings (SSSR count). The Balaban J connectivity index is 0.000000213. The zero-order chi connectivity index (χ0) is 21.7. The molecule has 0 amide bonds. The number of halogens is 5. The first-order valence-electron chi connectivity index (χ1n) is 10.2. The summed E-state index contributed by atoms with van der Waals surface area (Å²) < 4.78 is 0. The second kappa shape index (κ2) is 12.6. The first kappa shape index (κ1) is 26.7. The van der Waals surface area contributed by atoms with Gasteiger partial charge in [-0.15, -0.1) is 12.4 Å². The molecule has 9 heteroatoms. The predicted octanol–water partition coefficient (Wildman–Crippen LogP) is 6.76. The highest BCUT2D eigenvalue weighted by Crippen LogP contribution is 2.30. The van der Waals surface area contributed by atoms with E-state index in [0.29, 0.717) is 31.5 Å². The third-order valence-corrected chi connectivity index (χ3v) is 6.74. The number of anilines is 2. The van der Waals surface area contributed by atoms with Crippen molar-refractivity contribution in [2.45, 2.75) is 38.8 Å². The summed E-state index contributed by atoms with van der Waals surface area (Å²) in [6.07, 6.45) is 5.15. The Kier molecular flexibility index (Phi) is 10.8. The fraction of sp³-hybridized carbons (Fsp3) is 0.455. The maximum Gasteiger partial charge on any atom is 0.0693 e. The van der Waals surface area contributed by atoms with Crippen molar-refractivity contribution in [3.8, 4) is 0 Å². The molecule has 172 valence electrons. The van der Waals surface area contributed by atoms with E-state index in [1.54, 1.807) is 0 Å². The molecule has 31 heavy (non-hydrogen) atoms. The minimum atomic E-state index is 0. The van der Waals surface area contributed by atoms with Gasteiger partial charge in [-0.3, -0.25) is 9.80 Å². The molecule has 0 saturated carbocycles. The van der Waals surface area contributed by atoms with Crippen LogP contribution in [0.1, 0.15) is 36.8 Å². The van der Waals surface area contributed by atoms with Gasteiger partial charge in [-0.05, 0) is 87.3 Å².